The van der Waals surface area contributed by atoms with Gasteiger partial charge in [-0.3, -0.25) is 19.2 Å². The number of allylic oxidation sites excluding steroid dienone is 3. The molecule has 0 aromatic carbocycles. The fourth-order valence-electron chi connectivity index (χ4n) is 9.94. The lowest BCUT2D eigenvalue weighted by atomic mass is 9.81. The molecule has 1 aliphatic carbocycles. The molecule has 346 valence electrons. The minimum absolute atomic E-state index is 0.0392. The van der Waals surface area contributed by atoms with E-state index in [9.17, 15) is 29.1 Å². The molecule has 2 bridgehead atoms. The van der Waals surface area contributed by atoms with Crippen molar-refractivity contribution in [3.05, 3.63) is 23.3 Å². The summed E-state index contributed by atoms with van der Waals surface area (Å²) in [6.07, 6.45) is 4.56. The molecule has 14 atom stereocenters. The largest absolute Gasteiger partial charge is 0.456 e. The standard InChI is InChI=1S/C47H75FN2O11/c1-11-21-59-38-26-33(17-18-35(38)49-32(8)51)22-30(6)42-27(3)16-19-37(52)34(12-2)23-28(4)41(48)29(5)24-39(57-9)43-40(58-10)25-31(7)47(56,61-43)44(53)45(54)50-20-14-13-15-36(50)46(55)60-42/h22-23,27,29,31,33-36,38-43,56H,11-21,24-26H2,1-10H3,(H,49,51)/b28-23+,30-22?. The minimum Gasteiger partial charge on any atom is -0.456 e. The minimum atomic E-state index is -2.57. The van der Waals surface area contributed by atoms with Crippen LogP contribution in [0.5, 0.6) is 0 Å². The van der Waals surface area contributed by atoms with Gasteiger partial charge in [-0.2, -0.15) is 0 Å². The number of Topliss-reactive ketones (excluding diaryl/α,β-unsaturated/α-hetero) is 2. The zero-order valence-corrected chi connectivity index (χ0v) is 38.4. The quantitative estimate of drug-likeness (QED) is 0.150. The summed E-state index contributed by atoms with van der Waals surface area (Å²) in [6, 6.07) is -1.21. The van der Waals surface area contributed by atoms with Crippen LogP contribution in [0.1, 0.15) is 132 Å². The van der Waals surface area contributed by atoms with Gasteiger partial charge in [0.05, 0.1) is 24.4 Å². The van der Waals surface area contributed by atoms with E-state index >= 15 is 4.39 Å². The first-order valence-corrected chi connectivity index (χ1v) is 22.8. The number of rotatable bonds is 9. The molecule has 3 aliphatic heterocycles. The van der Waals surface area contributed by atoms with Gasteiger partial charge >= 0.3 is 5.97 Å². The van der Waals surface area contributed by atoms with E-state index < -0.39 is 77.8 Å². The SMILES string of the molecule is CCCOC1CC(C=C(C)C2OC(=O)C3CCCCN3C(=O)C(=O)C3(O)OC(C(OC)CC(C)C(F)/C(C)=C/C(CC)C(=O)CCC2C)C(OC)CC3C)CCC1NC(C)=O. The second-order valence-electron chi connectivity index (χ2n) is 18.4. The normalized spacial score (nSPS) is 39.0. The molecular weight excluding hydrogens is 788 g/mol. The maximum atomic E-state index is 16.3. The van der Waals surface area contributed by atoms with Crippen LogP contribution in [0.3, 0.4) is 0 Å². The molecule has 4 rings (SSSR count). The maximum Gasteiger partial charge on any atom is 0.329 e. The number of cyclic esters (lactones) is 1. The molecular formula is C47H75FN2O11. The fourth-order valence-corrected chi connectivity index (χ4v) is 9.94. The van der Waals surface area contributed by atoms with Crippen molar-refractivity contribution in [2.45, 2.75) is 187 Å². The highest BCUT2D eigenvalue weighted by atomic mass is 19.1. The summed E-state index contributed by atoms with van der Waals surface area (Å²) in [7, 11) is 2.92. The molecule has 14 heteroatoms. The Kier molecular flexibility index (Phi) is 19.1. The number of amides is 2. The summed E-state index contributed by atoms with van der Waals surface area (Å²) in [4.78, 5) is 70.0. The van der Waals surface area contributed by atoms with E-state index in [4.69, 9.17) is 23.7 Å². The van der Waals surface area contributed by atoms with E-state index in [0.29, 0.717) is 50.7 Å². The van der Waals surface area contributed by atoms with E-state index in [0.717, 1.165) is 18.4 Å². The average Bonchev–Trinajstić information content (AvgIpc) is 3.24. The maximum absolute atomic E-state index is 16.3. The van der Waals surface area contributed by atoms with Gasteiger partial charge in [0.2, 0.25) is 11.7 Å². The lowest BCUT2D eigenvalue weighted by Gasteiger charge is -2.47. The van der Waals surface area contributed by atoms with E-state index in [1.165, 1.54) is 26.0 Å². The van der Waals surface area contributed by atoms with E-state index in [2.05, 4.69) is 11.4 Å². The predicted molar refractivity (Wildman–Crippen MR) is 228 cm³/mol. The number of methoxy groups -OCH3 is 2. The van der Waals surface area contributed by atoms with Crippen molar-refractivity contribution in [2.24, 2.45) is 29.6 Å². The highest BCUT2D eigenvalue weighted by molar-refractivity contribution is 6.39. The van der Waals surface area contributed by atoms with E-state index in [1.54, 1.807) is 26.8 Å². The summed E-state index contributed by atoms with van der Waals surface area (Å²) >= 11 is 0. The zero-order chi connectivity index (χ0) is 45.2. The number of piperidine rings is 1. The topological polar surface area (TPSA) is 167 Å². The number of hydrogen-bond donors (Lipinski definition) is 2. The van der Waals surface area contributed by atoms with Crippen molar-refractivity contribution in [1.82, 2.24) is 10.2 Å². The molecule has 61 heavy (non-hydrogen) atoms. The van der Waals surface area contributed by atoms with Crippen LogP contribution in [0.25, 0.3) is 0 Å². The second kappa shape index (κ2) is 23.1. The van der Waals surface area contributed by atoms with Crippen molar-refractivity contribution in [2.75, 3.05) is 27.4 Å². The molecule has 0 spiro atoms. The number of hydrogen-bond acceptors (Lipinski definition) is 11. The Balaban J connectivity index is 1.74. The number of carbonyl (C=O) groups is 5. The number of alkyl halides is 1. The molecule has 2 amide bonds. The van der Waals surface area contributed by atoms with Crippen molar-refractivity contribution < 1.29 is 57.2 Å². The molecule has 4 aliphatic rings. The van der Waals surface area contributed by atoms with Gasteiger partial charge in [0.1, 0.15) is 30.2 Å². The molecule has 0 radical (unpaired) electrons. The molecule has 2 saturated heterocycles. The fraction of sp³-hybridized carbons (Fsp3) is 0.809. The predicted octanol–water partition coefficient (Wildman–Crippen LogP) is 6.37. The van der Waals surface area contributed by atoms with Crippen molar-refractivity contribution in [3.8, 4) is 0 Å². The Morgan fingerprint density at radius 3 is 2.30 bits per heavy atom. The van der Waals surface area contributed by atoms with Crippen molar-refractivity contribution >= 4 is 29.4 Å². The summed E-state index contributed by atoms with van der Waals surface area (Å²) in [5.74, 6) is -7.94. The van der Waals surface area contributed by atoms with Gasteiger partial charge in [-0.15, -0.1) is 0 Å². The molecule has 3 heterocycles. The average molecular weight is 863 g/mol. The Labute approximate surface area is 363 Å². The number of ether oxygens (including phenoxy) is 5. The lowest BCUT2D eigenvalue weighted by molar-refractivity contribution is -0.302. The molecule has 13 nitrogen and oxygen atoms in total. The Bertz CT molecular complexity index is 1590. The number of nitrogens with zero attached hydrogens (tertiary/aromatic N) is 1. The van der Waals surface area contributed by atoms with Crippen LogP contribution in [0.15, 0.2) is 23.3 Å². The molecule has 0 aromatic heterocycles. The van der Waals surface area contributed by atoms with Gasteiger partial charge in [-0.1, -0.05) is 46.8 Å². The number of aliphatic hydroxyl groups is 1. The van der Waals surface area contributed by atoms with Crippen LogP contribution in [0.4, 0.5) is 4.39 Å². The zero-order valence-electron chi connectivity index (χ0n) is 38.4. The third-order valence-electron chi connectivity index (χ3n) is 13.6. The Morgan fingerprint density at radius 1 is 0.967 bits per heavy atom. The van der Waals surface area contributed by atoms with Crippen LogP contribution < -0.4 is 5.32 Å². The monoisotopic (exact) mass is 863 g/mol. The van der Waals surface area contributed by atoms with Crippen LogP contribution >= 0.6 is 0 Å². The Hall–Kier alpha value is -3.04. The Morgan fingerprint density at radius 2 is 1.66 bits per heavy atom. The van der Waals surface area contributed by atoms with Gasteiger partial charge in [0.15, 0.2) is 0 Å². The molecule has 3 fully saturated rings. The first-order chi connectivity index (χ1) is 28.9. The second-order valence-corrected chi connectivity index (χ2v) is 18.4. The third kappa shape index (κ3) is 12.6. The summed E-state index contributed by atoms with van der Waals surface area (Å²) in [5, 5.41) is 15.1. The smallest absolute Gasteiger partial charge is 0.329 e. The number of nitrogens with one attached hydrogen (secondary N) is 1. The molecule has 2 N–H and O–H groups in total. The first kappa shape index (κ1) is 50.6. The van der Waals surface area contributed by atoms with E-state index in [1.807, 2.05) is 27.7 Å². The van der Waals surface area contributed by atoms with Crippen LogP contribution in [0, 0.1) is 29.6 Å². The number of carbonyl (C=O) groups excluding carboxylic acids is 5. The molecule has 0 aromatic rings. The number of fused-ring (bicyclic) bond motifs is 3. The van der Waals surface area contributed by atoms with Crippen molar-refractivity contribution in [3.63, 3.8) is 0 Å². The summed E-state index contributed by atoms with van der Waals surface area (Å²) in [6.45, 7) is 14.9. The van der Waals surface area contributed by atoms with Crippen LogP contribution in [-0.2, 0) is 47.7 Å². The number of halogens is 1. The van der Waals surface area contributed by atoms with Gasteiger partial charge < -0.3 is 39.0 Å². The van der Waals surface area contributed by atoms with Gasteiger partial charge in [0, 0.05) is 52.6 Å². The van der Waals surface area contributed by atoms with Gasteiger partial charge in [-0.05, 0) is 113 Å². The van der Waals surface area contributed by atoms with Gasteiger partial charge in [0.25, 0.3) is 11.7 Å². The van der Waals surface area contributed by atoms with Crippen LogP contribution in [-0.4, -0.2) is 121 Å². The number of ketones is 2. The van der Waals surface area contributed by atoms with E-state index in [-0.39, 0.29) is 67.9 Å². The third-order valence-corrected chi connectivity index (χ3v) is 13.6. The molecule has 1 saturated carbocycles. The van der Waals surface area contributed by atoms with Crippen molar-refractivity contribution in [1.29, 1.82) is 0 Å². The molecule has 14 unspecified atom stereocenters. The summed E-state index contributed by atoms with van der Waals surface area (Å²) < 4.78 is 46.6. The highest BCUT2D eigenvalue weighted by Crippen LogP contribution is 2.39. The summed E-state index contributed by atoms with van der Waals surface area (Å²) in [5.41, 5.74) is 1.20. The number of esters is 1. The first-order valence-electron chi connectivity index (χ1n) is 22.8. The van der Waals surface area contributed by atoms with Crippen LogP contribution in [0.2, 0.25) is 0 Å². The highest BCUT2D eigenvalue weighted by Gasteiger charge is 2.56. The lowest BCUT2D eigenvalue weighted by Crippen LogP contribution is -2.64. The van der Waals surface area contributed by atoms with Gasteiger partial charge in [-0.25, -0.2) is 9.18 Å².